The van der Waals surface area contributed by atoms with Crippen LogP contribution in [0.1, 0.15) is 26.3 Å². The summed E-state index contributed by atoms with van der Waals surface area (Å²) in [6.07, 6.45) is 0. The number of hydrogen-bond acceptors (Lipinski definition) is 4. The zero-order valence-electron chi connectivity index (χ0n) is 12.4. The number of rotatable bonds is 3. The third-order valence-corrected chi connectivity index (χ3v) is 3.36. The SMILES string of the molecule is CC(C)C(=O)Nc1ccc(F)c(C2(C)COCC(N)=N2)c1. The van der Waals surface area contributed by atoms with Gasteiger partial charge in [0.15, 0.2) is 0 Å². The number of amides is 1. The van der Waals surface area contributed by atoms with Crippen molar-refractivity contribution in [1.29, 1.82) is 0 Å². The van der Waals surface area contributed by atoms with E-state index in [0.29, 0.717) is 17.1 Å². The van der Waals surface area contributed by atoms with E-state index in [0.717, 1.165) is 0 Å². The molecule has 1 amide bonds. The number of aliphatic imine (C=N–C) groups is 1. The van der Waals surface area contributed by atoms with Crippen LogP contribution >= 0.6 is 0 Å². The van der Waals surface area contributed by atoms with Gasteiger partial charge < -0.3 is 15.8 Å². The Morgan fingerprint density at radius 2 is 2.24 bits per heavy atom. The van der Waals surface area contributed by atoms with Gasteiger partial charge in [0.1, 0.15) is 23.8 Å². The molecular formula is C15H20FN3O2. The molecule has 1 heterocycles. The van der Waals surface area contributed by atoms with Gasteiger partial charge in [-0.05, 0) is 25.1 Å². The Hall–Kier alpha value is -1.95. The lowest BCUT2D eigenvalue weighted by atomic mass is 9.91. The molecule has 1 aromatic carbocycles. The van der Waals surface area contributed by atoms with Crippen LogP contribution in [0.2, 0.25) is 0 Å². The van der Waals surface area contributed by atoms with E-state index < -0.39 is 11.4 Å². The lowest BCUT2D eigenvalue weighted by molar-refractivity contribution is -0.118. The maximum Gasteiger partial charge on any atom is 0.226 e. The average Bonchev–Trinajstić information content (AvgIpc) is 2.40. The van der Waals surface area contributed by atoms with Crippen molar-refractivity contribution in [1.82, 2.24) is 0 Å². The first kappa shape index (κ1) is 15.4. The Bertz CT molecular complexity index is 586. The van der Waals surface area contributed by atoms with E-state index in [1.165, 1.54) is 12.1 Å². The quantitative estimate of drug-likeness (QED) is 0.895. The molecule has 1 aliphatic heterocycles. The molecule has 0 spiro atoms. The summed E-state index contributed by atoms with van der Waals surface area (Å²) in [5.74, 6) is -0.344. The van der Waals surface area contributed by atoms with Crippen LogP contribution in [0.15, 0.2) is 23.2 Å². The number of ether oxygens (including phenoxy) is 1. The summed E-state index contributed by atoms with van der Waals surface area (Å²) in [6.45, 7) is 5.83. The molecule has 0 fully saturated rings. The van der Waals surface area contributed by atoms with Crippen molar-refractivity contribution in [2.24, 2.45) is 16.6 Å². The van der Waals surface area contributed by atoms with Gasteiger partial charge in [-0.2, -0.15) is 0 Å². The minimum atomic E-state index is -0.884. The Morgan fingerprint density at radius 1 is 1.52 bits per heavy atom. The van der Waals surface area contributed by atoms with E-state index in [2.05, 4.69) is 10.3 Å². The number of nitrogens with two attached hydrogens (primary N) is 1. The number of carbonyl (C=O) groups excluding carboxylic acids is 1. The largest absolute Gasteiger partial charge is 0.386 e. The van der Waals surface area contributed by atoms with Crippen molar-refractivity contribution in [3.8, 4) is 0 Å². The fraction of sp³-hybridized carbons (Fsp3) is 0.467. The summed E-state index contributed by atoms with van der Waals surface area (Å²) >= 11 is 0. The Morgan fingerprint density at radius 3 is 2.86 bits per heavy atom. The molecule has 0 saturated carbocycles. The lowest BCUT2D eigenvalue weighted by Gasteiger charge is -2.30. The molecule has 1 atom stereocenters. The number of benzene rings is 1. The predicted octanol–water partition coefficient (Wildman–Crippen LogP) is 2.02. The Labute approximate surface area is 123 Å². The van der Waals surface area contributed by atoms with Crippen LogP contribution in [0.5, 0.6) is 0 Å². The number of nitrogens with zero attached hydrogens (tertiary/aromatic N) is 1. The number of hydrogen-bond donors (Lipinski definition) is 2. The first-order chi connectivity index (χ1) is 9.82. The number of nitrogens with one attached hydrogen (secondary N) is 1. The molecular weight excluding hydrogens is 273 g/mol. The van der Waals surface area contributed by atoms with E-state index in [1.54, 1.807) is 26.8 Å². The topological polar surface area (TPSA) is 76.7 Å². The van der Waals surface area contributed by atoms with E-state index in [9.17, 15) is 9.18 Å². The second kappa shape index (κ2) is 5.81. The third kappa shape index (κ3) is 3.39. The van der Waals surface area contributed by atoms with Crippen LogP contribution in [0.25, 0.3) is 0 Å². The first-order valence-electron chi connectivity index (χ1n) is 6.84. The molecule has 0 aromatic heterocycles. The molecule has 21 heavy (non-hydrogen) atoms. The summed E-state index contributed by atoms with van der Waals surface area (Å²) in [5, 5.41) is 2.75. The molecule has 5 nitrogen and oxygen atoms in total. The van der Waals surface area contributed by atoms with Gasteiger partial charge >= 0.3 is 0 Å². The van der Waals surface area contributed by atoms with Gasteiger partial charge in [-0.25, -0.2) is 4.39 Å². The van der Waals surface area contributed by atoms with Crippen LogP contribution < -0.4 is 11.1 Å². The highest BCUT2D eigenvalue weighted by Crippen LogP contribution is 2.32. The summed E-state index contributed by atoms with van der Waals surface area (Å²) < 4.78 is 19.5. The third-order valence-electron chi connectivity index (χ3n) is 3.36. The van der Waals surface area contributed by atoms with Gasteiger partial charge in [0.05, 0.1) is 6.61 Å². The van der Waals surface area contributed by atoms with Crippen LogP contribution in [0.3, 0.4) is 0 Å². The van der Waals surface area contributed by atoms with E-state index >= 15 is 0 Å². The normalized spacial score (nSPS) is 22.0. The van der Waals surface area contributed by atoms with E-state index in [1.807, 2.05) is 0 Å². The van der Waals surface area contributed by atoms with E-state index in [4.69, 9.17) is 10.5 Å². The average molecular weight is 293 g/mol. The molecule has 2 rings (SSSR count). The zero-order valence-corrected chi connectivity index (χ0v) is 12.4. The van der Waals surface area contributed by atoms with Crippen molar-refractivity contribution in [2.75, 3.05) is 18.5 Å². The number of amidine groups is 1. The highest BCUT2D eigenvalue weighted by molar-refractivity contribution is 5.92. The highest BCUT2D eigenvalue weighted by atomic mass is 19.1. The maximum absolute atomic E-state index is 14.1. The Balaban J connectivity index is 2.35. The number of anilines is 1. The molecule has 1 aromatic rings. The molecule has 114 valence electrons. The van der Waals surface area contributed by atoms with Gasteiger partial charge in [-0.1, -0.05) is 13.8 Å². The molecule has 0 saturated heterocycles. The van der Waals surface area contributed by atoms with Crippen LogP contribution in [0.4, 0.5) is 10.1 Å². The van der Waals surface area contributed by atoms with Crippen LogP contribution in [-0.2, 0) is 15.1 Å². The first-order valence-corrected chi connectivity index (χ1v) is 6.84. The minimum Gasteiger partial charge on any atom is -0.386 e. The van der Waals surface area contributed by atoms with Crippen LogP contribution in [-0.4, -0.2) is 25.0 Å². The molecule has 6 heteroatoms. The fourth-order valence-corrected chi connectivity index (χ4v) is 2.18. The zero-order chi connectivity index (χ0) is 15.6. The second-order valence-electron chi connectivity index (χ2n) is 5.71. The predicted molar refractivity (Wildman–Crippen MR) is 79.7 cm³/mol. The van der Waals surface area contributed by atoms with Gasteiger partial charge in [-0.15, -0.1) is 0 Å². The molecule has 3 N–H and O–H groups in total. The molecule has 1 unspecified atom stereocenters. The fourth-order valence-electron chi connectivity index (χ4n) is 2.18. The monoisotopic (exact) mass is 293 g/mol. The van der Waals surface area contributed by atoms with Crippen LogP contribution in [0, 0.1) is 11.7 Å². The van der Waals surface area contributed by atoms with Crippen molar-refractivity contribution in [2.45, 2.75) is 26.3 Å². The van der Waals surface area contributed by atoms with Gasteiger partial charge in [-0.3, -0.25) is 9.79 Å². The molecule has 1 aliphatic rings. The highest BCUT2D eigenvalue weighted by Gasteiger charge is 2.32. The maximum atomic E-state index is 14.1. The minimum absolute atomic E-state index is 0.124. The van der Waals surface area contributed by atoms with Gasteiger partial charge in [0.2, 0.25) is 5.91 Å². The van der Waals surface area contributed by atoms with Gasteiger partial charge in [0, 0.05) is 17.2 Å². The standard InChI is InChI=1S/C15H20FN3O2/c1-9(2)14(20)18-10-4-5-12(16)11(6-10)15(3)8-21-7-13(17)19-15/h4-6,9H,7-8H2,1-3H3,(H2,17,19)(H,18,20). The molecule has 0 radical (unpaired) electrons. The van der Waals surface area contributed by atoms with Crippen molar-refractivity contribution >= 4 is 17.4 Å². The van der Waals surface area contributed by atoms with Crippen molar-refractivity contribution < 1.29 is 13.9 Å². The molecule has 0 aliphatic carbocycles. The van der Waals surface area contributed by atoms with Gasteiger partial charge in [0.25, 0.3) is 0 Å². The number of carbonyl (C=O) groups is 1. The number of halogens is 1. The Kier molecular flexibility index (Phi) is 4.27. The second-order valence-corrected chi connectivity index (χ2v) is 5.71. The summed E-state index contributed by atoms with van der Waals surface area (Å²) in [4.78, 5) is 16.1. The molecule has 0 bridgehead atoms. The van der Waals surface area contributed by atoms with E-state index in [-0.39, 0.29) is 25.0 Å². The summed E-state index contributed by atoms with van der Waals surface area (Å²) in [7, 11) is 0. The summed E-state index contributed by atoms with van der Waals surface area (Å²) in [6, 6.07) is 4.43. The smallest absolute Gasteiger partial charge is 0.226 e. The summed E-state index contributed by atoms with van der Waals surface area (Å²) in [5.41, 5.74) is 5.69. The lowest BCUT2D eigenvalue weighted by Crippen LogP contribution is -2.38. The van der Waals surface area contributed by atoms with Crippen molar-refractivity contribution in [3.05, 3.63) is 29.6 Å². The van der Waals surface area contributed by atoms with Crippen molar-refractivity contribution in [3.63, 3.8) is 0 Å².